The summed E-state index contributed by atoms with van der Waals surface area (Å²) >= 11 is 0. The van der Waals surface area contributed by atoms with E-state index in [0.29, 0.717) is 0 Å². The highest BCUT2D eigenvalue weighted by Crippen LogP contribution is 2.23. The Morgan fingerprint density at radius 1 is 1.29 bits per heavy atom. The quantitative estimate of drug-likeness (QED) is 0.681. The first-order valence-corrected chi connectivity index (χ1v) is 6.06. The van der Waals surface area contributed by atoms with Crippen molar-refractivity contribution in [1.29, 1.82) is 0 Å². The molecule has 0 spiro atoms. The van der Waals surface area contributed by atoms with Gasteiger partial charge in [0.05, 0.1) is 0 Å². The fourth-order valence-corrected chi connectivity index (χ4v) is 2.32. The summed E-state index contributed by atoms with van der Waals surface area (Å²) in [5.74, 6) is 0.940. The van der Waals surface area contributed by atoms with Gasteiger partial charge in [0.1, 0.15) is 0 Å². The molecule has 0 amide bonds. The molecular formula is C12H26N2. The van der Waals surface area contributed by atoms with Crippen LogP contribution in [-0.4, -0.2) is 38.1 Å². The molecule has 0 unspecified atom stereocenters. The van der Waals surface area contributed by atoms with Crippen LogP contribution in [0.2, 0.25) is 0 Å². The van der Waals surface area contributed by atoms with Crippen molar-refractivity contribution in [3.8, 4) is 0 Å². The van der Waals surface area contributed by atoms with E-state index in [4.69, 9.17) is 0 Å². The van der Waals surface area contributed by atoms with Crippen molar-refractivity contribution in [1.82, 2.24) is 10.2 Å². The molecule has 2 atom stereocenters. The van der Waals surface area contributed by atoms with Gasteiger partial charge in [0.2, 0.25) is 0 Å². The van der Waals surface area contributed by atoms with Crippen LogP contribution in [-0.2, 0) is 0 Å². The molecule has 0 aliphatic heterocycles. The minimum Gasteiger partial charge on any atom is -0.314 e. The van der Waals surface area contributed by atoms with Crippen LogP contribution >= 0.6 is 0 Å². The number of hydrogen-bond donors (Lipinski definition) is 1. The van der Waals surface area contributed by atoms with Crippen LogP contribution in [0.1, 0.15) is 39.0 Å². The molecule has 2 nitrogen and oxygen atoms in total. The fraction of sp³-hybridized carbons (Fsp3) is 1.00. The first-order valence-electron chi connectivity index (χ1n) is 6.06. The molecule has 0 heterocycles. The molecule has 0 aromatic rings. The van der Waals surface area contributed by atoms with E-state index in [2.05, 4.69) is 31.2 Å². The Morgan fingerprint density at radius 3 is 2.71 bits per heavy atom. The van der Waals surface area contributed by atoms with Gasteiger partial charge < -0.3 is 10.2 Å². The molecule has 0 bridgehead atoms. The molecule has 0 aromatic heterocycles. The first kappa shape index (κ1) is 12.0. The van der Waals surface area contributed by atoms with E-state index in [1.54, 1.807) is 0 Å². The molecule has 14 heavy (non-hydrogen) atoms. The van der Waals surface area contributed by atoms with Gasteiger partial charge in [-0.1, -0.05) is 19.8 Å². The molecular weight excluding hydrogens is 172 g/mol. The van der Waals surface area contributed by atoms with Gasteiger partial charge in [-0.05, 0) is 52.4 Å². The number of rotatable bonds is 5. The lowest BCUT2D eigenvalue weighted by Crippen LogP contribution is -2.35. The summed E-state index contributed by atoms with van der Waals surface area (Å²) in [5.41, 5.74) is 0. The smallest absolute Gasteiger partial charge is 0.00696 e. The number of nitrogens with one attached hydrogen (secondary N) is 1. The Kier molecular flexibility index (Phi) is 5.49. The minimum absolute atomic E-state index is 0.806. The Balaban J connectivity index is 2.00. The maximum Gasteiger partial charge on any atom is 0.00696 e. The first-order chi connectivity index (χ1) is 6.68. The minimum atomic E-state index is 0.806. The predicted octanol–water partition coefficient (Wildman–Crippen LogP) is 2.11. The normalized spacial score (nSPS) is 28.3. The molecule has 0 aromatic carbocycles. The Hall–Kier alpha value is -0.0800. The molecule has 84 valence electrons. The van der Waals surface area contributed by atoms with Crippen LogP contribution in [0.5, 0.6) is 0 Å². The van der Waals surface area contributed by atoms with Crippen molar-refractivity contribution in [2.75, 3.05) is 27.2 Å². The van der Waals surface area contributed by atoms with Gasteiger partial charge in [0.25, 0.3) is 0 Å². The zero-order chi connectivity index (χ0) is 10.4. The highest BCUT2D eigenvalue weighted by molar-refractivity contribution is 4.75. The third kappa shape index (κ3) is 4.97. The van der Waals surface area contributed by atoms with E-state index in [1.807, 2.05) is 0 Å². The molecule has 0 radical (unpaired) electrons. The largest absolute Gasteiger partial charge is 0.314 e. The van der Waals surface area contributed by atoms with Crippen LogP contribution in [0.4, 0.5) is 0 Å². The third-order valence-corrected chi connectivity index (χ3v) is 3.15. The highest BCUT2D eigenvalue weighted by Gasteiger charge is 2.17. The Labute approximate surface area is 89.1 Å². The van der Waals surface area contributed by atoms with Gasteiger partial charge in [-0.3, -0.25) is 0 Å². The molecule has 1 rings (SSSR count). The van der Waals surface area contributed by atoms with Crippen molar-refractivity contribution < 1.29 is 0 Å². The Bertz CT molecular complexity index is 145. The summed E-state index contributed by atoms with van der Waals surface area (Å²) in [7, 11) is 4.28. The number of hydrogen-bond acceptors (Lipinski definition) is 2. The van der Waals surface area contributed by atoms with Gasteiger partial charge in [-0.15, -0.1) is 0 Å². The summed E-state index contributed by atoms with van der Waals surface area (Å²) in [5, 5.41) is 3.68. The van der Waals surface area contributed by atoms with Crippen LogP contribution in [0.25, 0.3) is 0 Å². The Morgan fingerprint density at radius 2 is 2.07 bits per heavy atom. The summed E-state index contributed by atoms with van der Waals surface area (Å²) in [6, 6.07) is 0.806. The predicted molar refractivity (Wildman–Crippen MR) is 62.6 cm³/mol. The van der Waals surface area contributed by atoms with E-state index in [0.717, 1.165) is 12.0 Å². The van der Waals surface area contributed by atoms with Gasteiger partial charge in [-0.2, -0.15) is 0 Å². The van der Waals surface area contributed by atoms with Gasteiger partial charge in [0.15, 0.2) is 0 Å². The van der Waals surface area contributed by atoms with E-state index in [9.17, 15) is 0 Å². The molecule has 1 fully saturated rings. The molecule has 1 saturated carbocycles. The van der Waals surface area contributed by atoms with Crippen molar-refractivity contribution in [2.45, 2.75) is 45.1 Å². The van der Waals surface area contributed by atoms with Crippen LogP contribution in [0, 0.1) is 5.92 Å². The third-order valence-electron chi connectivity index (χ3n) is 3.15. The SMILES string of the molecule is C[C@H]1CCC[C@H](NCCCN(C)C)C1. The van der Waals surface area contributed by atoms with Crippen LogP contribution in [0.15, 0.2) is 0 Å². The zero-order valence-electron chi connectivity index (χ0n) is 10.1. The van der Waals surface area contributed by atoms with Gasteiger partial charge in [-0.25, -0.2) is 0 Å². The maximum absolute atomic E-state index is 3.68. The second kappa shape index (κ2) is 6.41. The molecule has 0 saturated heterocycles. The second-order valence-electron chi connectivity index (χ2n) is 5.08. The van der Waals surface area contributed by atoms with Crippen molar-refractivity contribution in [2.24, 2.45) is 5.92 Å². The van der Waals surface area contributed by atoms with E-state index in [1.165, 1.54) is 45.2 Å². The standard InChI is InChI=1S/C12H26N2/c1-11-6-4-7-12(10-11)13-8-5-9-14(2)3/h11-13H,4-10H2,1-3H3/t11-,12-/m0/s1. The summed E-state index contributed by atoms with van der Waals surface area (Å²) in [6.07, 6.45) is 6.93. The number of nitrogens with zero attached hydrogens (tertiary/aromatic N) is 1. The monoisotopic (exact) mass is 198 g/mol. The summed E-state index contributed by atoms with van der Waals surface area (Å²) < 4.78 is 0. The lowest BCUT2D eigenvalue weighted by Gasteiger charge is -2.27. The topological polar surface area (TPSA) is 15.3 Å². The zero-order valence-corrected chi connectivity index (χ0v) is 10.1. The maximum atomic E-state index is 3.68. The lowest BCUT2D eigenvalue weighted by atomic mass is 9.87. The lowest BCUT2D eigenvalue weighted by molar-refractivity contribution is 0.295. The average molecular weight is 198 g/mol. The van der Waals surface area contributed by atoms with Crippen LogP contribution < -0.4 is 5.32 Å². The van der Waals surface area contributed by atoms with Gasteiger partial charge >= 0.3 is 0 Å². The van der Waals surface area contributed by atoms with E-state index < -0.39 is 0 Å². The van der Waals surface area contributed by atoms with Crippen molar-refractivity contribution >= 4 is 0 Å². The molecule has 2 heteroatoms. The fourth-order valence-electron chi connectivity index (χ4n) is 2.32. The highest BCUT2D eigenvalue weighted by atomic mass is 15.1. The van der Waals surface area contributed by atoms with Crippen molar-refractivity contribution in [3.63, 3.8) is 0 Å². The van der Waals surface area contributed by atoms with E-state index in [-0.39, 0.29) is 0 Å². The average Bonchev–Trinajstić information content (AvgIpc) is 2.12. The molecule has 1 N–H and O–H groups in total. The molecule has 1 aliphatic rings. The van der Waals surface area contributed by atoms with Crippen molar-refractivity contribution in [3.05, 3.63) is 0 Å². The van der Waals surface area contributed by atoms with Crippen LogP contribution in [0.3, 0.4) is 0 Å². The van der Waals surface area contributed by atoms with Gasteiger partial charge in [0, 0.05) is 6.04 Å². The van der Waals surface area contributed by atoms with E-state index >= 15 is 0 Å². The molecule has 1 aliphatic carbocycles. The summed E-state index contributed by atoms with van der Waals surface area (Å²) in [6.45, 7) is 4.78. The summed E-state index contributed by atoms with van der Waals surface area (Å²) in [4.78, 5) is 2.26. The second-order valence-corrected chi connectivity index (χ2v) is 5.08.